The molecule has 5 heterocycles. The summed E-state index contributed by atoms with van der Waals surface area (Å²) in [5, 5.41) is 2.38. The molecule has 47 heavy (non-hydrogen) atoms. The van der Waals surface area contributed by atoms with E-state index in [1.807, 2.05) is 61.8 Å². The summed E-state index contributed by atoms with van der Waals surface area (Å²) in [6.07, 6.45) is 9.45. The fraction of sp³-hybridized carbons (Fsp3) is 0.0769. The fourth-order valence-electron chi connectivity index (χ4n) is 6.81. The number of para-hydroxylation sites is 1. The number of nitrogens with zero attached hydrogens (tertiary/aromatic N) is 8. The zero-order valence-corrected chi connectivity index (χ0v) is 26.2. The van der Waals surface area contributed by atoms with Crippen molar-refractivity contribution < 1.29 is 0 Å². The first-order chi connectivity index (χ1) is 23.0. The molecule has 8 heteroatoms. The molecule has 0 saturated carbocycles. The quantitative estimate of drug-likeness (QED) is 0.197. The highest BCUT2D eigenvalue weighted by Gasteiger charge is 2.18. The maximum absolute atomic E-state index is 5.11. The number of benzene rings is 4. The highest BCUT2D eigenvalue weighted by Crippen LogP contribution is 2.37. The summed E-state index contributed by atoms with van der Waals surface area (Å²) in [6.45, 7) is 0. The van der Waals surface area contributed by atoms with Crippen LogP contribution in [0.3, 0.4) is 0 Å². The van der Waals surface area contributed by atoms with Gasteiger partial charge in [0.25, 0.3) is 0 Å². The van der Waals surface area contributed by atoms with Gasteiger partial charge >= 0.3 is 0 Å². The standard InChI is InChI=1S/C39H30N8/c1-44-18-16-41-37(44)25-12-14-33-36(24-25)46(3)39(43-33)26-11-13-31-30-8-4-5-10-34(30)47(35(31)23-26)29-21-27(32-9-6-7-15-40-32)20-28(22-29)38-42-17-19-45(38)2/h4-24H,1-3H3. The van der Waals surface area contributed by atoms with Crippen LogP contribution in [0.4, 0.5) is 0 Å². The van der Waals surface area contributed by atoms with E-state index in [0.29, 0.717) is 0 Å². The summed E-state index contributed by atoms with van der Waals surface area (Å²) in [7, 11) is 6.13. The summed E-state index contributed by atoms with van der Waals surface area (Å²) in [5.41, 5.74) is 10.4. The molecule has 0 spiro atoms. The van der Waals surface area contributed by atoms with Gasteiger partial charge in [-0.3, -0.25) is 4.98 Å². The van der Waals surface area contributed by atoms with E-state index in [2.05, 4.69) is 111 Å². The zero-order chi connectivity index (χ0) is 31.6. The van der Waals surface area contributed by atoms with Crippen molar-refractivity contribution in [1.82, 2.24) is 38.2 Å². The molecule has 8 nitrogen and oxygen atoms in total. The smallest absolute Gasteiger partial charge is 0.140 e. The largest absolute Gasteiger partial charge is 0.334 e. The summed E-state index contributed by atoms with van der Waals surface area (Å²) in [5.74, 6) is 2.74. The van der Waals surface area contributed by atoms with Gasteiger partial charge in [0, 0.05) is 90.8 Å². The second-order valence-electron chi connectivity index (χ2n) is 12.0. The molecule has 0 bridgehead atoms. The van der Waals surface area contributed by atoms with Crippen molar-refractivity contribution in [2.45, 2.75) is 0 Å². The number of hydrogen-bond donors (Lipinski definition) is 0. The molecule has 0 atom stereocenters. The molecule has 0 aliphatic carbocycles. The normalized spacial score (nSPS) is 11.7. The predicted molar refractivity (Wildman–Crippen MR) is 188 cm³/mol. The molecular weight excluding hydrogens is 580 g/mol. The average Bonchev–Trinajstić information content (AvgIpc) is 3.89. The van der Waals surface area contributed by atoms with Crippen molar-refractivity contribution in [3.63, 3.8) is 0 Å². The molecule has 0 radical (unpaired) electrons. The van der Waals surface area contributed by atoms with Crippen molar-refractivity contribution >= 4 is 32.8 Å². The topological polar surface area (TPSA) is 71.3 Å². The summed E-state index contributed by atoms with van der Waals surface area (Å²) in [4.78, 5) is 19.1. The Kier molecular flexibility index (Phi) is 5.98. The van der Waals surface area contributed by atoms with Crippen LogP contribution in [0.2, 0.25) is 0 Å². The second-order valence-corrected chi connectivity index (χ2v) is 12.0. The SMILES string of the molecule is Cn1ccnc1-c1cc(-c2ccccn2)cc(-n2c3ccccc3c3ccc(-c4nc5ccc(-c6nccn6C)cc5n4C)cc32)c1. The van der Waals surface area contributed by atoms with E-state index in [0.717, 1.165) is 73.2 Å². The number of hydrogen-bond acceptors (Lipinski definition) is 4. The van der Waals surface area contributed by atoms with Gasteiger partial charge in [0.2, 0.25) is 0 Å². The minimum atomic E-state index is 0.898. The van der Waals surface area contributed by atoms with Gasteiger partial charge < -0.3 is 18.3 Å². The molecule has 5 aromatic heterocycles. The van der Waals surface area contributed by atoms with Crippen LogP contribution in [0.5, 0.6) is 0 Å². The Hall–Kier alpha value is -6.28. The van der Waals surface area contributed by atoms with Gasteiger partial charge in [-0.05, 0) is 60.7 Å². The lowest BCUT2D eigenvalue weighted by molar-refractivity contribution is 0.924. The van der Waals surface area contributed by atoms with Crippen molar-refractivity contribution in [1.29, 1.82) is 0 Å². The van der Waals surface area contributed by atoms with Crippen molar-refractivity contribution in [2.75, 3.05) is 0 Å². The molecule has 0 aliphatic rings. The molecule has 0 saturated heterocycles. The van der Waals surface area contributed by atoms with Gasteiger partial charge in [0.1, 0.15) is 17.5 Å². The number of rotatable bonds is 5. The van der Waals surface area contributed by atoms with E-state index in [1.165, 1.54) is 10.8 Å². The third kappa shape index (κ3) is 4.29. The van der Waals surface area contributed by atoms with Crippen LogP contribution in [0.1, 0.15) is 0 Å². The van der Waals surface area contributed by atoms with Crippen LogP contribution < -0.4 is 0 Å². The molecule has 0 fully saturated rings. The molecule has 0 amide bonds. The van der Waals surface area contributed by atoms with Crippen molar-refractivity contribution in [3.8, 4) is 51.1 Å². The van der Waals surface area contributed by atoms with Gasteiger partial charge in [-0.2, -0.15) is 0 Å². The first kappa shape index (κ1) is 27.1. The van der Waals surface area contributed by atoms with Gasteiger partial charge in [0.05, 0.1) is 27.8 Å². The molecular formula is C39H30N8. The van der Waals surface area contributed by atoms with Crippen molar-refractivity contribution in [2.24, 2.45) is 21.1 Å². The second kappa shape index (κ2) is 10.4. The van der Waals surface area contributed by atoms with E-state index < -0.39 is 0 Å². The lowest BCUT2D eigenvalue weighted by Gasteiger charge is -2.14. The van der Waals surface area contributed by atoms with E-state index in [1.54, 1.807) is 0 Å². The van der Waals surface area contributed by atoms with Gasteiger partial charge in [-0.15, -0.1) is 0 Å². The Morgan fingerprint density at radius 1 is 0.489 bits per heavy atom. The third-order valence-electron chi connectivity index (χ3n) is 9.11. The van der Waals surface area contributed by atoms with Crippen LogP contribution in [0.15, 0.2) is 128 Å². The molecule has 9 aromatic rings. The lowest BCUT2D eigenvalue weighted by Crippen LogP contribution is -1.99. The molecule has 0 aliphatic heterocycles. The molecule has 0 N–H and O–H groups in total. The van der Waals surface area contributed by atoms with Crippen LogP contribution in [0, 0.1) is 0 Å². The average molecular weight is 611 g/mol. The van der Waals surface area contributed by atoms with E-state index in [4.69, 9.17) is 15.0 Å². The first-order valence-electron chi connectivity index (χ1n) is 15.6. The first-order valence-corrected chi connectivity index (χ1v) is 15.6. The number of aromatic nitrogens is 8. The lowest BCUT2D eigenvalue weighted by atomic mass is 10.0. The maximum Gasteiger partial charge on any atom is 0.140 e. The van der Waals surface area contributed by atoms with Crippen LogP contribution in [-0.2, 0) is 21.1 Å². The van der Waals surface area contributed by atoms with Gasteiger partial charge in [-0.1, -0.05) is 36.4 Å². The van der Waals surface area contributed by atoms with Crippen molar-refractivity contribution in [3.05, 3.63) is 128 Å². The Morgan fingerprint density at radius 2 is 1.17 bits per heavy atom. The van der Waals surface area contributed by atoms with Gasteiger partial charge in [0.15, 0.2) is 0 Å². The highest BCUT2D eigenvalue weighted by atomic mass is 15.1. The number of pyridine rings is 1. The predicted octanol–water partition coefficient (Wildman–Crippen LogP) is 8.20. The fourth-order valence-corrected chi connectivity index (χ4v) is 6.81. The minimum absolute atomic E-state index is 0.898. The van der Waals surface area contributed by atoms with E-state index in [9.17, 15) is 0 Å². The number of imidazole rings is 3. The van der Waals surface area contributed by atoms with Gasteiger partial charge in [-0.25, -0.2) is 15.0 Å². The maximum atomic E-state index is 5.11. The Labute approximate surface area is 270 Å². The van der Waals surface area contributed by atoms with Crippen LogP contribution in [0.25, 0.3) is 83.9 Å². The van der Waals surface area contributed by atoms with Crippen LogP contribution >= 0.6 is 0 Å². The van der Waals surface area contributed by atoms with E-state index >= 15 is 0 Å². The third-order valence-corrected chi connectivity index (χ3v) is 9.11. The zero-order valence-electron chi connectivity index (χ0n) is 26.2. The summed E-state index contributed by atoms with van der Waals surface area (Å²) >= 11 is 0. The van der Waals surface area contributed by atoms with Crippen LogP contribution in [-0.4, -0.2) is 38.2 Å². The molecule has 9 rings (SSSR count). The number of fused-ring (bicyclic) bond motifs is 4. The minimum Gasteiger partial charge on any atom is -0.334 e. The summed E-state index contributed by atoms with van der Waals surface area (Å²) in [6, 6.07) is 34.3. The molecule has 4 aromatic carbocycles. The Balaban J connectivity index is 1.27. The Bertz CT molecular complexity index is 2620. The monoisotopic (exact) mass is 610 g/mol. The Morgan fingerprint density at radius 3 is 1.94 bits per heavy atom. The van der Waals surface area contributed by atoms with E-state index in [-0.39, 0.29) is 0 Å². The highest BCUT2D eigenvalue weighted by molar-refractivity contribution is 6.10. The summed E-state index contributed by atoms with van der Waals surface area (Å²) < 4.78 is 8.62. The number of aryl methyl sites for hydroxylation is 3. The molecule has 226 valence electrons. The molecule has 0 unspecified atom stereocenters.